The largest absolute Gasteiger partial charge is 0.453 e. The third-order valence-electron chi connectivity index (χ3n) is 10.7. The SMILES string of the molecule is C=CCC[C@H](NC(=O)[C@@H]1[C@@H]2[C@H](CN1C(=O)[C@@H](NC(=O)NC(C)(C)C)C1CCCCC1)C2(C)C)C(=O)C(=O)NCC(=O)OC(C)(C)c1ccccc1. The topological polar surface area (TPSA) is 163 Å². The van der Waals surface area contributed by atoms with E-state index < -0.39 is 65.4 Å². The molecule has 5 amide bonds. The number of nitrogens with one attached hydrogen (secondary N) is 4. The molecule has 5 atom stereocenters. The molecule has 12 nitrogen and oxygen atoms in total. The van der Waals surface area contributed by atoms with Crippen molar-refractivity contribution in [2.45, 2.75) is 123 Å². The number of urea groups is 1. The lowest BCUT2D eigenvalue weighted by molar-refractivity contribution is -0.157. The zero-order valence-corrected chi connectivity index (χ0v) is 31.3. The van der Waals surface area contributed by atoms with Gasteiger partial charge >= 0.3 is 12.0 Å². The first kappa shape index (κ1) is 39.6. The fourth-order valence-corrected chi connectivity index (χ4v) is 7.79. The molecule has 4 N–H and O–H groups in total. The number of nitrogens with zero attached hydrogens (tertiary/aromatic N) is 1. The molecule has 0 spiro atoms. The summed E-state index contributed by atoms with van der Waals surface area (Å²) in [5.74, 6) is -3.65. The number of allylic oxidation sites excluding steroid dienone is 1. The molecule has 1 saturated heterocycles. The summed E-state index contributed by atoms with van der Waals surface area (Å²) in [5.41, 5.74) is -0.914. The molecule has 1 aromatic carbocycles. The summed E-state index contributed by atoms with van der Waals surface area (Å²) >= 11 is 0. The van der Waals surface area contributed by atoms with E-state index in [1.54, 1.807) is 24.8 Å². The first-order valence-electron chi connectivity index (χ1n) is 18.3. The van der Waals surface area contributed by atoms with Crippen molar-refractivity contribution in [1.82, 2.24) is 26.2 Å². The molecule has 3 fully saturated rings. The van der Waals surface area contributed by atoms with Crippen LogP contribution in [0.1, 0.15) is 99.0 Å². The van der Waals surface area contributed by atoms with Gasteiger partial charge in [-0.2, -0.15) is 0 Å². The fraction of sp³-hybridized carbons (Fsp3) is 0.641. The average molecular weight is 708 g/mol. The van der Waals surface area contributed by atoms with Gasteiger partial charge in [0.25, 0.3) is 5.91 Å². The van der Waals surface area contributed by atoms with Gasteiger partial charge in [-0.3, -0.25) is 24.0 Å². The quantitative estimate of drug-likeness (QED) is 0.128. The Morgan fingerprint density at radius 3 is 2.24 bits per heavy atom. The lowest BCUT2D eigenvalue weighted by Crippen LogP contribution is -2.61. The van der Waals surface area contributed by atoms with E-state index in [0.717, 1.165) is 37.7 Å². The van der Waals surface area contributed by atoms with Gasteiger partial charge in [-0.25, -0.2) is 4.79 Å². The number of fused-ring (bicyclic) bond motifs is 1. The molecular formula is C39H57N5O7. The van der Waals surface area contributed by atoms with Crippen LogP contribution in [0.25, 0.3) is 0 Å². The molecule has 51 heavy (non-hydrogen) atoms. The second kappa shape index (κ2) is 16.0. The van der Waals surface area contributed by atoms with Crippen molar-refractivity contribution < 1.29 is 33.5 Å². The van der Waals surface area contributed by atoms with Crippen molar-refractivity contribution >= 4 is 35.5 Å². The van der Waals surface area contributed by atoms with Crippen LogP contribution in [-0.2, 0) is 34.3 Å². The number of amides is 5. The number of carbonyl (C=O) groups is 6. The minimum Gasteiger partial charge on any atom is -0.453 e. The molecule has 12 heteroatoms. The van der Waals surface area contributed by atoms with Gasteiger partial charge in [0.15, 0.2) is 0 Å². The molecule has 3 aliphatic rings. The fourth-order valence-electron chi connectivity index (χ4n) is 7.79. The third kappa shape index (κ3) is 9.77. The number of Topliss-reactive ketones (excluding diaryl/α,β-unsaturated/α-hetero) is 1. The number of ether oxygens (including phenoxy) is 1. The molecule has 1 aliphatic heterocycles. The molecule has 0 radical (unpaired) electrons. The predicted octanol–water partition coefficient (Wildman–Crippen LogP) is 4.13. The lowest BCUT2D eigenvalue weighted by atomic mass is 9.83. The number of piperidine rings is 1. The van der Waals surface area contributed by atoms with Crippen LogP contribution in [0.5, 0.6) is 0 Å². The zero-order valence-electron chi connectivity index (χ0n) is 31.3. The van der Waals surface area contributed by atoms with Crippen molar-refractivity contribution in [1.29, 1.82) is 0 Å². The summed E-state index contributed by atoms with van der Waals surface area (Å²) in [6.45, 7) is 16.7. The predicted molar refractivity (Wildman–Crippen MR) is 193 cm³/mol. The number of benzene rings is 1. The van der Waals surface area contributed by atoms with E-state index in [1.807, 2.05) is 51.1 Å². The van der Waals surface area contributed by atoms with Crippen LogP contribution in [0.3, 0.4) is 0 Å². The van der Waals surface area contributed by atoms with Gasteiger partial charge < -0.3 is 30.9 Å². The molecule has 1 aromatic rings. The van der Waals surface area contributed by atoms with Gasteiger partial charge in [0.05, 0.1) is 6.04 Å². The van der Waals surface area contributed by atoms with E-state index in [9.17, 15) is 28.8 Å². The molecule has 4 rings (SSSR count). The second-order valence-corrected chi connectivity index (χ2v) is 16.4. The summed E-state index contributed by atoms with van der Waals surface area (Å²) in [6, 6.07) is 5.81. The minimum absolute atomic E-state index is 0.0683. The molecule has 280 valence electrons. The highest BCUT2D eigenvalue weighted by Crippen LogP contribution is 2.65. The smallest absolute Gasteiger partial charge is 0.326 e. The number of carbonyl (C=O) groups excluding carboxylic acids is 6. The van der Waals surface area contributed by atoms with Crippen LogP contribution in [0.15, 0.2) is 43.0 Å². The first-order chi connectivity index (χ1) is 23.9. The van der Waals surface area contributed by atoms with Gasteiger partial charge in [0.2, 0.25) is 17.6 Å². The Hall–Kier alpha value is -4.22. The van der Waals surface area contributed by atoms with E-state index >= 15 is 0 Å². The monoisotopic (exact) mass is 707 g/mol. The van der Waals surface area contributed by atoms with Gasteiger partial charge in [0.1, 0.15) is 24.2 Å². The molecule has 0 unspecified atom stereocenters. The van der Waals surface area contributed by atoms with Crippen LogP contribution in [0.4, 0.5) is 4.79 Å². The summed E-state index contributed by atoms with van der Waals surface area (Å²) in [4.78, 5) is 82.3. The van der Waals surface area contributed by atoms with Crippen LogP contribution in [-0.4, -0.2) is 77.2 Å². The molecule has 2 saturated carbocycles. The Morgan fingerprint density at radius 2 is 1.63 bits per heavy atom. The normalized spacial score (nSPS) is 22.4. The molecular weight excluding hydrogens is 650 g/mol. The maximum absolute atomic E-state index is 14.4. The number of hydrogen-bond donors (Lipinski definition) is 4. The van der Waals surface area contributed by atoms with Crippen LogP contribution in [0.2, 0.25) is 0 Å². The number of hydrogen-bond acceptors (Lipinski definition) is 7. The van der Waals surface area contributed by atoms with E-state index in [1.165, 1.54) is 0 Å². The summed E-state index contributed by atoms with van der Waals surface area (Å²) < 4.78 is 5.58. The van der Waals surface area contributed by atoms with Crippen LogP contribution < -0.4 is 21.3 Å². The van der Waals surface area contributed by atoms with Crippen molar-refractivity contribution in [2.24, 2.45) is 23.2 Å². The number of esters is 1. The van der Waals surface area contributed by atoms with Crippen molar-refractivity contribution in [3.8, 4) is 0 Å². The van der Waals surface area contributed by atoms with Gasteiger partial charge in [0, 0.05) is 12.1 Å². The molecule has 0 bridgehead atoms. The standard InChI is InChI=1S/C39H57N5O7/c1-9-10-21-27(32(46)34(48)40-22-28(45)51-39(7,8)25-19-15-12-16-20-25)41-33(47)31-29-26(38(29,5)6)23-44(31)35(49)30(24-17-13-11-14-18-24)42-36(50)43-37(2,3)4/h9,12,15-16,19-20,24,26-27,29-31H,1,10-11,13-14,17-18,21-23H2,2-8H3,(H,40,48)(H,41,47)(H2,42,43,50)/t26-,27-,29-,30-,31-/m0/s1. The second-order valence-electron chi connectivity index (χ2n) is 16.4. The Labute approximate surface area is 302 Å². The van der Waals surface area contributed by atoms with E-state index in [0.29, 0.717) is 13.0 Å². The first-order valence-corrected chi connectivity index (χ1v) is 18.3. The lowest BCUT2D eigenvalue weighted by Gasteiger charge is -2.37. The average Bonchev–Trinajstić information content (AvgIpc) is 3.37. The molecule has 1 heterocycles. The number of rotatable bonds is 14. The van der Waals surface area contributed by atoms with Gasteiger partial charge in [-0.1, -0.05) is 69.5 Å². The van der Waals surface area contributed by atoms with Crippen LogP contribution in [0, 0.1) is 23.2 Å². The number of ketones is 1. The third-order valence-corrected chi connectivity index (χ3v) is 10.7. The summed E-state index contributed by atoms with van der Waals surface area (Å²) in [7, 11) is 0. The number of likely N-dealkylation sites (tertiary alicyclic amines) is 1. The molecule has 2 aliphatic carbocycles. The highest BCUT2D eigenvalue weighted by molar-refractivity contribution is 6.38. The Kier molecular flexibility index (Phi) is 12.4. The van der Waals surface area contributed by atoms with Crippen molar-refractivity contribution in [3.05, 3.63) is 48.6 Å². The highest BCUT2D eigenvalue weighted by atomic mass is 16.6. The van der Waals surface area contributed by atoms with Crippen LogP contribution >= 0.6 is 0 Å². The Bertz CT molecular complexity index is 1480. The Morgan fingerprint density at radius 1 is 0.980 bits per heavy atom. The molecule has 0 aromatic heterocycles. The summed E-state index contributed by atoms with van der Waals surface area (Å²) in [5, 5.41) is 11.0. The maximum Gasteiger partial charge on any atom is 0.326 e. The van der Waals surface area contributed by atoms with E-state index in [-0.39, 0.29) is 35.5 Å². The summed E-state index contributed by atoms with van der Waals surface area (Å²) in [6.07, 6.45) is 6.58. The van der Waals surface area contributed by atoms with E-state index in [2.05, 4.69) is 41.7 Å². The van der Waals surface area contributed by atoms with Gasteiger partial charge in [-0.15, -0.1) is 6.58 Å². The van der Waals surface area contributed by atoms with Gasteiger partial charge in [-0.05, 0) is 89.0 Å². The maximum atomic E-state index is 14.4. The zero-order chi connectivity index (χ0) is 37.7. The highest BCUT2D eigenvalue weighted by Gasteiger charge is 2.69. The van der Waals surface area contributed by atoms with Crippen molar-refractivity contribution in [3.63, 3.8) is 0 Å². The minimum atomic E-state index is -1.21. The van der Waals surface area contributed by atoms with E-state index in [4.69, 9.17) is 4.74 Å². The van der Waals surface area contributed by atoms with Crippen molar-refractivity contribution in [2.75, 3.05) is 13.1 Å². The Balaban J connectivity index is 1.47.